The number of carbonyl (C=O) groups is 4. The van der Waals surface area contributed by atoms with Gasteiger partial charge < -0.3 is 10.6 Å². The van der Waals surface area contributed by atoms with Crippen LogP contribution in [0, 0.1) is 5.92 Å². The molecule has 1 atom stereocenters. The summed E-state index contributed by atoms with van der Waals surface area (Å²) >= 11 is 0. The van der Waals surface area contributed by atoms with Crippen molar-refractivity contribution < 1.29 is 19.2 Å². The number of hydrogen-bond acceptors (Lipinski definition) is 4. The van der Waals surface area contributed by atoms with Crippen molar-refractivity contribution in [1.29, 1.82) is 0 Å². The standard InChI is InChI=1S/C18H18N2O4/c1-10(21)11-5-7-12(8-6-11)19-18(24)13-9-16(23)20-14-3-2-4-15(22)17(13)14/h5-8,13H,2-4,9H2,1H3,(H,19,24)(H,20,23)/t13-/m1/s1. The molecule has 6 heteroatoms. The van der Waals surface area contributed by atoms with Gasteiger partial charge >= 0.3 is 0 Å². The van der Waals surface area contributed by atoms with Crippen molar-refractivity contribution >= 4 is 29.1 Å². The summed E-state index contributed by atoms with van der Waals surface area (Å²) in [5.41, 5.74) is 2.12. The van der Waals surface area contributed by atoms with E-state index in [1.807, 2.05) is 0 Å². The molecule has 2 aliphatic rings. The Kier molecular flexibility index (Phi) is 4.29. The van der Waals surface area contributed by atoms with Gasteiger partial charge in [-0.05, 0) is 44.0 Å². The van der Waals surface area contributed by atoms with Crippen LogP contribution in [-0.4, -0.2) is 23.4 Å². The lowest BCUT2D eigenvalue weighted by molar-refractivity contribution is -0.128. The molecule has 6 nitrogen and oxygen atoms in total. The first-order valence-electron chi connectivity index (χ1n) is 7.93. The Bertz CT molecular complexity index is 762. The number of Topliss-reactive ketones (excluding diaryl/α,β-unsaturated/α-hetero) is 2. The number of rotatable bonds is 3. The van der Waals surface area contributed by atoms with Gasteiger partial charge in [-0.1, -0.05) is 0 Å². The predicted molar refractivity (Wildman–Crippen MR) is 87.2 cm³/mol. The quantitative estimate of drug-likeness (QED) is 0.831. The van der Waals surface area contributed by atoms with Crippen molar-refractivity contribution in [2.24, 2.45) is 5.92 Å². The maximum atomic E-state index is 12.6. The first-order valence-corrected chi connectivity index (χ1v) is 7.93. The summed E-state index contributed by atoms with van der Waals surface area (Å²) in [6.45, 7) is 1.47. The van der Waals surface area contributed by atoms with Gasteiger partial charge in [-0.25, -0.2) is 0 Å². The van der Waals surface area contributed by atoms with Gasteiger partial charge in [0.05, 0.1) is 5.92 Å². The molecule has 0 bridgehead atoms. The number of benzene rings is 1. The number of ketones is 2. The summed E-state index contributed by atoms with van der Waals surface area (Å²) in [4.78, 5) is 47.9. The molecule has 0 saturated carbocycles. The minimum atomic E-state index is -0.756. The fraction of sp³-hybridized carbons (Fsp3) is 0.333. The van der Waals surface area contributed by atoms with E-state index in [9.17, 15) is 19.2 Å². The second kappa shape index (κ2) is 6.39. The molecule has 124 valence electrons. The topological polar surface area (TPSA) is 92.3 Å². The van der Waals surface area contributed by atoms with Gasteiger partial charge in [0, 0.05) is 35.4 Å². The molecule has 0 saturated heterocycles. The summed E-state index contributed by atoms with van der Waals surface area (Å²) in [5, 5.41) is 5.46. The average molecular weight is 326 g/mol. The van der Waals surface area contributed by atoms with Crippen LogP contribution in [0.1, 0.15) is 43.0 Å². The van der Waals surface area contributed by atoms with Crippen molar-refractivity contribution in [2.45, 2.75) is 32.6 Å². The fourth-order valence-electron chi connectivity index (χ4n) is 3.15. The molecular weight excluding hydrogens is 308 g/mol. The fourth-order valence-corrected chi connectivity index (χ4v) is 3.15. The van der Waals surface area contributed by atoms with Crippen LogP contribution < -0.4 is 10.6 Å². The lowest BCUT2D eigenvalue weighted by Gasteiger charge is -2.30. The molecule has 1 heterocycles. The van der Waals surface area contributed by atoms with Crippen LogP contribution in [0.15, 0.2) is 35.5 Å². The SMILES string of the molecule is CC(=O)c1ccc(NC(=O)[C@@H]2CC(=O)NC3=C2C(=O)CCC3)cc1. The normalized spacial score (nSPS) is 20.3. The number of carbonyl (C=O) groups excluding carboxylic acids is 4. The summed E-state index contributed by atoms with van der Waals surface area (Å²) in [6.07, 6.45) is 1.69. The molecule has 2 N–H and O–H groups in total. The molecule has 1 aliphatic heterocycles. The maximum absolute atomic E-state index is 12.6. The molecule has 0 aromatic heterocycles. The molecule has 0 radical (unpaired) electrons. The van der Waals surface area contributed by atoms with E-state index in [0.717, 1.165) is 0 Å². The van der Waals surface area contributed by atoms with Gasteiger partial charge in [0.25, 0.3) is 0 Å². The maximum Gasteiger partial charge on any atom is 0.232 e. The van der Waals surface area contributed by atoms with E-state index in [0.29, 0.717) is 41.8 Å². The largest absolute Gasteiger partial charge is 0.329 e. The molecule has 2 amide bonds. The Morgan fingerprint density at radius 2 is 1.83 bits per heavy atom. The first kappa shape index (κ1) is 16.1. The number of amides is 2. The predicted octanol–water partition coefficient (Wildman–Crippen LogP) is 1.97. The Morgan fingerprint density at radius 3 is 2.50 bits per heavy atom. The third-order valence-corrected chi connectivity index (χ3v) is 4.36. The second-order valence-corrected chi connectivity index (χ2v) is 6.10. The van der Waals surface area contributed by atoms with Gasteiger partial charge in [0.15, 0.2) is 11.6 Å². The molecule has 0 unspecified atom stereocenters. The van der Waals surface area contributed by atoms with Gasteiger partial charge in [-0.3, -0.25) is 19.2 Å². The Balaban J connectivity index is 1.81. The lowest BCUT2D eigenvalue weighted by Crippen LogP contribution is -2.41. The van der Waals surface area contributed by atoms with E-state index >= 15 is 0 Å². The van der Waals surface area contributed by atoms with Gasteiger partial charge in [0.2, 0.25) is 11.8 Å². The second-order valence-electron chi connectivity index (χ2n) is 6.10. The van der Waals surface area contributed by atoms with E-state index in [-0.39, 0.29) is 29.8 Å². The van der Waals surface area contributed by atoms with Crippen molar-refractivity contribution in [1.82, 2.24) is 5.32 Å². The molecule has 1 aromatic rings. The monoisotopic (exact) mass is 326 g/mol. The van der Waals surface area contributed by atoms with Gasteiger partial charge in [0.1, 0.15) is 0 Å². The molecular formula is C18H18N2O4. The number of hydrogen-bond donors (Lipinski definition) is 2. The molecule has 3 rings (SSSR count). The van der Waals surface area contributed by atoms with Crippen LogP contribution in [0.4, 0.5) is 5.69 Å². The van der Waals surface area contributed by atoms with Gasteiger partial charge in [-0.2, -0.15) is 0 Å². The summed E-state index contributed by atoms with van der Waals surface area (Å²) in [7, 11) is 0. The lowest BCUT2D eigenvalue weighted by atomic mass is 9.81. The number of nitrogens with one attached hydrogen (secondary N) is 2. The van der Waals surface area contributed by atoms with E-state index in [1.165, 1.54) is 6.92 Å². The highest BCUT2D eigenvalue weighted by atomic mass is 16.2. The average Bonchev–Trinajstić information content (AvgIpc) is 2.54. The highest BCUT2D eigenvalue weighted by Crippen LogP contribution is 2.32. The zero-order valence-electron chi connectivity index (χ0n) is 13.3. The third kappa shape index (κ3) is 3.13. The van der Waals surface area contributed by atoms with Crippen LogP contribution in [0.25, 0.3) is 0 Å². The highest BCUT2D eigenvalue weighted by Gasteiger charge is 2.37. The molecule has 1 aliphatic carbocycles. The summed E-state index contributed by atoms with van der Waals surface area (Å²) < 4.78 is 0. The molecule has 0 spiro atoms. The number of anilines is 1. The highest BCUT2D eigenvalue weighted by molar-refractivity contribution is 6.09. The number of allylic oxidation sites excluding steroid dienone is 1. The van der Waals surface area contributed by atoms with E-state index in [1.54, 1.807) is 24.3 Å². The zero-order valence-corrected chi connectivity index (χ0v) is 13.3. The molecule has 1 aromatic carbocycles. The van der Waals surface area contributed by atoms with E-state index in [4.69, 9.17) is 0 Å². The van der Waals surface area contributed by atoms with Crippen LogP contribution in [0.2, 0.25) is 0 Å². The van der Waals surface area contributed by atoms with Crippen LogP contribution in [-0.2, 0) is 14.4 Å². The van der Waals surface area contributed by atoms with Crippen molar-refractivity contribution in [3.8, 4) is 0 Å². The Morgan fingerprint density at radius 1 is 1.12 bits per heavy atom. The van der Waals surface area contributed by atoms with Crippen molar-refractivity contribution in [3.63, 3.8) is 0 Å². The minimum absolute atomic E-state index is 0.0259. The Hall–Kier alpha value is -2.76. The van der Waals surface area contributed by atoms with E-state index in [2.05, 4.69) is 10.6 Å². The van der Waals surface area contributed by atoms with Gasteiger partial charge in [-0.15, -0.1) is 0 Å². The molecule has 24 heavy (non-hydrogen) atoms. The smallest absolute Gasteiger partial charge is 0.232 e. The zero-order chi connectivity index (χ0) is 17.3. The summed E-state index contributed by atoms with van der Waals surface area (Å²) in [5.74, 6) is -1.49. The van der Waals surface area contributed by atoms with Crippen LogP contribution >= 0.6 is 0 Å². The van der Waals surface area contributed by atoms with Crippen LogP contribution in [0.3, 0.4) is 0 Å². The Labute approximate surface area is 139 Å². The minimum Gasteiger partial charge on any atom is -0.329 e. The first-order chi connectivity index (χ1) is 11.5. The third-order valence-electron chi connectivity index (χ3n) is 4.36. The van der Waals surface area contributed by atoms with Crippen molar-refractivity contribution in [2.75, 3.05) is 5.32 Å². The molecule has 0 fully saturated rings. The van der Waals surface area contributed by atoms with E-state index < -0.39 is 5.92 Å². The van der Waals surface area contributed by atoms with Crippen LogP contribution in [0.5, 0.6) is 0 Å². The van der Waals surface area contributed by atoms with Crippen molar-refractivity contribution in [3.05, 3.63) is 41.1 Å². The summed E-state index contributed by atoms with van der Waals surface area (Å²) in [6, 6.07) is 6.52.